The minimum Gasteiger partial charge on any atom is -0.481 e. The highest BCUT2D eigenvalue weighted by Gasteiger charge is 2.22. The number of amides is 1. The molecule has 0 saturated carbocycles. The number of carboxylic acids is 1. The molecule has 0 radical (unpaired) electrons. The largest absolute Gasteiger partial charge is 0.481 e. The van der Waals surface area contributed by atoms with Crippen LogP contribution in [-0.2, 0) is 10.2 Å². The molecule has 0 aliphatic rings. The van der Waals surface area contributed by atoms with Gasteiger partial charge in [-0.05, 0) is 11.6 Å². The summed E-state index contributed by atoms with van der Waals surface area (Å²) in [4.78, 5) is 41.7. The molecule has 0 spiro atoms. The van der Waals surface area contributed by atoms with Crippen molar-refractivity contribution in [3.63, 3.8) is 0 Å². The summed E-state index contributed by atoms with van der Waals surface area (Å²) in [5, 5.41) is 11.8. The zero-order valence-electron chi connectivity index (χ0n) is 14.4. The maximum atomic E-state index is 12.5. The van der Waals surface area contributed by atoms with Crippen molar-refractivity contribution in [2.24, 2.45) is 0 Å². The van der Waals surface area contributed by atoms with Crippen LogP contribution in [0.5, 0.6) is 0 Å². The highest BCUT2D eigenvalue weighted by atomic mass is 16.4. The smallest absolute Gasteiger partial charge is 0.345 e. The van der Waals surface area contributed by atoms with Crippen LogP contribution in [0.2, 0.25) is 0 Å². The molecule has 1 heterocycles. The van der Waals surface area contributed by atoms with Gasteiger partial charge in [-0.15, -0.1) is 0 Å². The molecule has 2 aromatic rings. The van der Waals surface area contributed by atoms with E-state index < -0.39 is 23.6 Å². The van der Waals surface area contributed by atoms with E-state index in [0.29, 0.717) is 11.3 Å². The molecule has 7 heteroatoms. The van der Waals surface area contributed by atoms with Gasteiger partial charge in [-0.25, -0.2) is 4.79 Å². The topological polar surface area (TPSA) is 112 Å². The van der Waals surface area contributed by atoms with Crippen LogP contribution in [0.15, 0.2) is 41.2 Å². The Morgan fingerprint density at radius 3 is 2.44 bits per heavy atom. The van der Waals surface area contributed by atoms with Crippen molar-refractivity contribution < 1.29 is 14.7 Å². The van der Waals surface area contributed by atoms with Gasteiger partial charge in [-0.3, -0.25) is 9.59 Å². The Morgan fingerprint density at radius 2 is 1.88 bits per heavy atom. The number of hydrogen-bond donors (Lipinski definition) is 3. The fraction of sp³-hybridized carbons (Fsp3) is 0.333. The summed E-state index contributed by atoms with van der Waals surface area (Å²) in [6, 6.07) is 9.60. The van der Waals surface area contributed by atoms with E-state index in [1.54, 1.807) is 30.3 Å². The zero-order valence-corrected chi connectivity index (χ0v) is 14.4. The number of rotatable bonds is 5. The number of carboxylic acid groups (broad SMARTS) is 1. The Kier molecular flexibility index (Phi) is 5.36. The van der Waals surface area contributed by atoms with E-state index in [4.69, 9.17) is 5.11 Å². The van der Waals surface area contributed by atoms with E-state index in [9.17, 15) is 14.4 Å². The number of benzene rings is 1. The Labute approximate surface area is 145 Å². The summed E-state index contributed by atoms with van der Waals surface area (Å²) in [5.74, 6) is -1.63. The molecule has 0 aliphatic heterocycles. The van der Waals surface area contributed by atoms with Gasteiger partial charge in [0.25, 0.3) is 5.91 Å². The second-order valence-corrected chi connectivity index (χ2v) is 6.77. The van der Waals surface area contributed by atoms with E-state index in [0.717, 1.165) is 0 Å². The number of carbonyl (C=O) groups is 2. The second-order valence-electron chi connectivity index (χ2n) is 6.77. The zero-order chi connectivity index (χ0) is 18.6. The minimum atomic E-state index is -1.04. The number of carbonyl (C=O) groups excluding carboxylic acids is 1. The third-order valence-corrected chi connectivity index (χ3v) is 3.67. The molecule has 2 rings (SSSR count). The first-order chi connectivity index (χ1) is 11.7. The summed E-state index contributed by atoms with van der Waals surface area (Å²) in [6.07, 6.45) is -0.273. The Balaban J connectivity index is 2.31. The van der Waals surface area contributed by atoms with Gasteiger partial charge in [0, 0.05) is 11.1 Å². The van der Waals surface area contributed by atoms with Gasteiger partial charge in [0.2, 0.25) is 0 Å². The van der Waals surface area contributed by atoms with Crippen LogP contribution in [0.1, 0.15) is 55.0 Å². The Hall–Kier alpha value is -2.96. The SMILES string of the molecule is CC(C)(C)c1cc(C(=O)N[C@@H](CC(=O)O)c2ccccc2)nc(=O)[nH]1. The number of aromatic amines is 1. The Bertz CT molecular complexity index is 822. The van der Waals surface area contributed by atoms with Crippen molar-refractivity contribution in [3.8, 4) is 0 Å². The lowest BCUT2D eigenvalue weighted by molar-refractivity contribution is -0.137. The predicted molar refractivity (Wildman–Crippen MR) is 92.5 cm³/mol. The second kappa shape index (κ2) is 7.29. The maximum Gasteiger partial charge on any atom is 0.345 e. The normalized spacial score (nSPS) is 12.4. The third kappa shape index (κ3) is 5.00. The molecule has 0 aliphatic carbocycles. The predicted octanol–water partition coefficient (Wildman–Crippen LogP) is 2.01. The van der Waals surface area contributed by atoms with Crippen LogP contribution in [0, 0.1) is 0 Å². The molecular weight excluding hydrogens is 322 g/mol. The lowest BCUT2D eigenvalue weighted by Crippen LogP contribution is -2.33. The summed E-state index contributed by atoms with van der Waals surface area (Å²) >= 11 is 0. The highest BCUT2D eigenvalue weighted by Crippen LogP contribution is 2.20. The Morgan fingerprint density at radius 1 is 1.24 bits per heavy atom. The van der Waals surface area contributed by atoms with Crippen LogP contribution in [0.25, 0.3) is 0 Å². The van der Waals surface area contributed by atoms with Gasteiger partial charge in [0.05, 0.1) is 12.5 Å². The first-order valence-corrected chi connectivity index (χ1v) is 7.86. The highest BCUT2D eigenvalue weighted by molar-refractivity contribution is 5.92. The van der Waals surface area contributed by atoms with Gasteiger partial charge in [0.1, 0.15) is 5.69 Å². The summed E-state index contributed by atoms with van der Waals surface area (Å²) in [7, 11) is 0. The lowest BCUT2D eigenvalue weighted by atomic mass is 9.91. The van der Waals surface area contributed by atoms with Crippen LogP contribution in [0.3, 0.4) is 0 Å². The number of hydrogen-bond acceptors (Lipinski definition) is 4. The van der Waals surface area contributed by atoms with Gasteiger partial charge >= 0.3 is 11.7 Å². The quantitative estimate of drug-likeness (QED) is 0.769. The fourth-order valence-corrected chi connectivity index (χ4v) is 2.32. The maximum absolute atomic E-state index is 12.5. The van der Waals surface area contributed by atoms with Crippen LogP contribution < -0.4 is 11.0 Å². The molecule has 132 valence electrons. The molecule has 0 bridgehead atoms. The van der Waals surface area contributed by atoms with Gasteiger partial charge in [-0.2, -0.15) is 4.98 Å². The molecule has 1 aromatic heterocycles. The average molecular weight is 343 g/mol. The van der Waals surface area contributed by atoms with Crippen LogP contribution in [-0.4, -0.2) is 27.0 Å². The minimum absolute atomic E-state index is 0.0417. The van der Waals surface area contributed by atoms with Crippen molar-refractivity contribution >= 4 is 11.9 Å². The van der Waals surface area contributed by atoms with E-state index in [-0.39, 0.29) is 17.5 Å². The fourth-order valence-electron chi connectivity index (χ4n) is 2.32. The molecule has 0 unspecified atom stereocenters. The standard InChI is InChI=1S/C18H21N3O4/c1-18(2,3)14-9-13(20-17(25)21-14)16(24)19-12(10-15(22)23)11-7-5-4-6-8-11/h4-9,12H,10H2,1-3H3,(H,19,24)(H,22,23)(H,20,21,25)/t12-/m0/s1. The molecule has 1 amide bonds. The molecular formula is C18H21N3O4. The van der Waals surface area contributed by atoms with E-state index in [2.05, 4.69) is 15.3 Å². The summed E-state index contributed by atoms with van der Waals surface area (Å²) < 4.78 is 0. The van der Waals surface area contributed by atoms with Crippen molar-refractivity contribution in [2.45, 2.75) is 38.6 Å². The van der Waals surface area contributed by atoms with Crippen molar-refractivity contribution in [1.29, 1.82) is 0 Å². The van der Waals surface area contributed by atoms with Crippen molar-refractivity contribution in [1.82, 2.24) is 15.3 Å². The van der Waals surface area contributed by atoms with Gasteiger partial charge in [-0.1, -0.05) is 51.1 Å². The number of aliphatic carboxylic acids is 1. The van der Waals surface area contributed by atoms with Gasteiger partial charge < -0.3 is 15.4 Å². The first kappa shape index (κ1) is 18.4. The summed E-state index contributed by atoms with van der Waals surface area (Å²) in [6.45, 7) is 5.70. The lowest BCUT2D eigenvalue weighted by Gasteiger charge is -2.20. The van der Waals surface area contributed by atoms with Crippen LogP contribution >= 0.6 is 0 Å². The monoisotopic (exact) mass is 343 g/mol. The molecule has 1 atom stereocenters. The third-order valence-electron chi connectivity index (χ3n) is 3.67. The van der Waals surface area contributed by atoms with Gasteiger partial charge in [0.15, 0.2) is 0 Å². The molecule has 7 nitrogen and oxygen atoms in total. The number of aromatic nitrogens is 2. The molecule has 3 N–H and O–H groups in total. The van der Waals surface area contributed by atoms with E-state index in [1.807, 2.05) is 20.8 Å². The van der Waals surface area contributed by atoms with Crippen molar-refractivity contribution in [2.75, 3.05) is 0 Å². The average Bonchev–Trinajstić information content (AvgIpc) is 2.53. The van der Waals surface area contributed by atoms with Crippen LogP contribution in [0.4, 0.5) is 0 Å². The van der Waals surface area contributed by atoms with Crippen molar-refractivity contribution in [3.05, 3.63) is 63.8 Å². The molecule has 0 fully saturated rings. The molecule has 1 aromatic carbocycles. The first-order valence-electron chi connectivity index (χ1n) is 7.86. The number of nitrogens with one attached hydrogen (secondary N) is 2. The molecule has 25 heavy (non-hydrogen) atoms. The summed E-state index contributed by atoms with van der Waals surface area (Å²) in [5.41, 5.74) is 0.218. The molecule has 0 saturated heterocycles. The number of nitrogens with zero attached hydrogens (tertiary/aromatic N) is 1. The van der Waals surface area contributed by atoms with E-state index >= 15 is 0 Å². The van der Waals surface area contributed by atoms with E-state index in [1.165, 1.54) is 6.07 Å². The number of H-pyrrole nitrogens is 1.